The summed E-state index contributed by atoms with van der Waals surface area (Å²) in [5.41, 5.74) is 6.64. The first-order valence-electron chi connectivity index (χ1n) is 13.2. The number of aryl methyl sites for hydroxylation is 2. The fraction of sp³-hybridized carbons (Fsp3) is 0.379. The van der Waals surface area contributed by atoms with Gasteiger partial charge in [-0.3, -0.25) is 14.4 Å². The highest BCUT2D eigenvalue weighted by Gasteiger charge is 2.48. The van der Waals surface area contributed by atoms with E-state index >= 15 is 0 Å². The SMILES string of the molecule is CCn1cc2ncc(N[C@@H](C)c3cccc(NC(=O)c4ccc(CN5CC6(COC6)C5)c(C)c4)c3)nc2n1. The van der Waals surface area contributed by atoms with Gasteiger partial charge in [-0.25, -0.2) is 9.97 Å². The molecule has 2 aliphatic heterocycles. The van der Waals surface area contributed by atoms with E-state index in [1.807, 2.05) is 54.2 Å². The number of benzene rings is 2. The van der Waals surface area contributed by atoms with Crippen LogP contribution in [0, 0.1) is 12.3 Å². The van der Waals surface area contributed by atoms with Crippen molar-refractivity contribution >= 4 is 28.6 Å². The van der Waals surface area contributed by atoms with Gasteiger partial charge in [0.15, 0.2) is 0 Å². The number of hydrogen-bond donors (Lipinski definition) is 2. The standard InChI is InChI=1S/C29H33N7O2/c1-4-36-14-25-27(34-36)33-26(12-30-25)31-20(3)21-6-5-7-24(11-21)32-28(37)22-8-9-23(19(2)10-22)13-35-15-29(16-35)17-38-18-29/h5-12,14,20H,4,13,15-18H2,1-3H3,(H,32,37)(H,31,33,34)/t20-/m0/s1. The fourth-order valence-corrected chi connectivity index (χ4v) is 5.31. The van der Waals surface area contributed by atoms with Crippen LogP contribution in [-0.2, 0) is 17.8 Å². The number of ether oxygens (including phenoxy) is 1. The van der Waals surface area contributed by atoms with Crippen LogP contribution in [0.15, 0.2) is 54.9 Å². The Labute approximate surface area is 222 Å². The van der Waals surface area contributed by atoms with E-state index in [1.165, 1.54) is 5.56 Å². The molecule has 9 heteroatoms. The van der Waals surface area contributed by atoms with Gasteiger partial charge >= 0.3 is 0 Å². The van der Waals surface area contributed by atoms with Gasteiger partial charge in [0.05, 0.1) is 31.6 Å². The summed E-state index contributed by atoms with van der Waals surface area (Å²) in [6.07, 6.45) is 3.61. The molecule has 2 aromatic heterocycles. The van der Waals surface area contributed by atoms with Crippen LogP contribution in [0.25, 0.3) is 11.2 Å². The molecule has 4 heterocycles. The molecule has 2 saturated heterocycles. The van der Waals surface area contributed by atoms with Crippen molar-refractivity contribution in [2.24, 2.45) is 5.41 Å². The van der Waals surface area contributed by atoms with Crippen molar-refractivity contribution in [3.63, 3.8) is 0 Å². The monoisotopic (exact) mass is 511 g/mol. The number of carbonyl (C=O) groups excluding carboxylic acids is 1. The van der Waals surface area contributed by atoms with Crippen molar-refractivity contribution in [3.8, 4) is 0 Å². The minimum atomic E-state index is -0.116. The minimum absolute atomic E-state index is 0.0412. The lowest BCUT2D eigenvalue weighted by Gasteiger charge is -2.55. The van der Waals surface area contributed by atoms with Crippen LogP contribution in [0.1, 0.15) is 46.9 Å². The summed E-state index contributed by atoms with van der Waals surface area (Å²) in [5.74, 6) is 0.542. The Hall–Kier alpha value is -3.82. The lowest BCUT2D eigenvalue weighted by molar-refractivity contribution is -0.191. The summed E-state index contributed by atoms with van der Waals surface area (Å²) in [5, 5.41) is 10.9. The van der Waals surface area contributed by atoms with Crippen LogP contribution >= 0.6 is 0 Å². The highest BCUT2D eigenvalue weighted by molar-refractivity contribution is 6.04. The minimum Gasteiger partial charge on any atom is -0.380 e. The molecular formula is C29H33N7O2. The summed E-state index contributed by atoms with van der Waals surface area (Å²) in [4.78, 5) is 24.6. The third kappa shape index (κ3) is 4.87. The van der Waals surface area contributed by atoms with Crippen LogP contribution in [0.5, 0.6) is 0 Å². The lowest BCUT2D eigenvalue weighted by atomic mass is 9.78. The molecule has 0 saturated carbocycles. The predicted octanol–water partition coefficient (Wildman–Crippen LogP) is 4.41. The van der Waals surface area contributed by atoms with E-state index in [0.717, 1.165) is 61.7 Å². The van der Waals surface area contributed by atoms with E-state index in [-0.39, 0.29) is 11.9 Å². The van der Waals surface area contributed by atoms with Gasteiger partial charge in [-0.2, -0.15) is 5.10 Å². The van der Waals surface area contributed by atoms with E-state index in [0.29, 0.717) is 22.4 Å². The molecule has 2 N–H and O–H groups in total. The second kappa shape index (κ2) is 9.81. The number of likely N-dealkylation sites (tertiary alicyclic amines) is 1. The number of aromatic nitrogens is 4. The molecule has 2 aliphatic rings. The third-order valence-corrected chi connectivity index (χ3v) is 7.54. The maximum absolute atomic E-state index is 13.0. The van der Waals surface area contributed by atoms with Crippen LogP contribution in [0.4, 0.5) is 11.5 Å². The van der Waals surface area contributed by atoms with Crippen LogP contribution < -0.4 is 10.6 Å². The summed E-state index contributed by atoms with van der Waals surface area (Å²) in [6, 6.07) is 13.8. The molecule has 0 unspecified atom stereocenters. The second-order valence-electron chi connectivity index (χ2n) is 10.7. The van der Waals surface area contributed by atoms with E-state index in [1.54, 1.807) is 6.20 Å². The van der Waals surface area contributed by atoms with Crippen molar-refractivity contribution in [1.82, 2.24) is 24.6 Å². The van der Waals surface area contributed by atoms with Crippen molar-refractivity contribution in [2.45, 2.75) is 39.9 Å². The van der Waals surface area contributed by atoms with Crippen molar-refractivity contribution in [1.29, 1.82) is 0 Å². The van der Waals surface area contributed by atoms with Crippen LogP contribution in [-0.4, -0.2) is 56.9 Å². The normalized spacial score (nSPS) is 17.1. The second-order valence-corrected chi connectivity index (χ2v) is 10.7. The van der Waals surface area contributed by atoms with Gasteiger partial charge < -0.3 is 15.4 Å². The molecule has 6 rings (SSSR count). The molecule has 1 spiro atoms. The first kappa shape index (κ1) is 24.5. The first-order valence-corrected chi connectivity index (χ1v) is 13.2. The highest BCUT2D eigenvalue weighted by Crippen LogP contribution is 2.38. The average molecular weight is 512 g/mol. The topological polar surface area (TPSA) is 97.2 Å². The number of fused-ring (bicyclic) bond motifs is 1. The molecule has 1 atom stereocenters. The van der Waals surface area contributed by atoms with E-state index < -0.39 is 0 Å². The van der Waals surface area contributed by atoms with Gasteiger partial charge in [0, 0.05) is 42.8 Å². The number of amides is 1. The summed E-state index contributed by atoms with van der Waals surface area (Å²) < 4.78 is 7.20. The predicted molar refractivity (Wildman–Crippen MR) is 147 cm³/mol. The number of hydrogen-bond acceptors (Lipinski definition) is 7. The molecular weight excluding hydrogens is 478 g/mol. The Balaban J connectivity index is 1.08. The zero-order valence-corrected chi connectivity index (χ0v) is 22.1. The number of nitrogens with zero attached hydrogens (tertiary/aromatic N) is 5. The fourth-order valence-electron chi connectivity index (χ4n) is 5.31. The van der Waals surface area contributed by atoms with Gasteiger partial charge in [0.1, 0.15) is 11.3 Å². The Kier molecular flexibility index (Phi) is 6.33. The average Bonchev–Trinajstić information content (AvgIpc) is 3.28. The quantitative estimate of drug-likeness (QED) is 0.362. The van der Waals surface area contributed by atoms with Gasteiger partial charge in [0.2, 0.25) is 5.65 Å². The van der Waals surface area contributed by atoms with E-state index in [4.69, 9.17) is 4.74 Å². The Morgan fingerprint density at radius 2 is 2.03 bits per heavy atom. The maximum Gasteiger partial charge on any atom is 0.255 e. The van der Waals surface area contributed by atoms with Gasteiger partial charge in [-0.05, 0) is 61.7 Å². The van der Waals surface area contributed by atoms with Crippen LogP contribution in [0.2, 0.25) is 0 Å². The maximum atomic E-state index is 13.0. The molecule has 1 amide bonds. The Morgan fingerprint density at radius 3 is 2.76 bits per heavy atom. The summed E-state index contributed by atoms with van der Waals surface area (Å²) in [7, 11) is 0. The van der Waals surface area contributed by atoms with Crippen molar-refractivity contribution < 1.29 is 9.53 Å². The van der Waals surface area contributed by atoms with Gasteiger partial charge in [0.25, 0.3) is 5.91 Å². The number of nitrogens with one attached hydrogen (secondary N) is 2. The third-order valence-electron chi connectivity index (χ3n) is 7.54. The summed E-state index contributed by atoms with van der Waals surface area (Å²) >= 11 is 0. The Morgan fingerprint density at radius 1 is 1.18 bits per heavy atom. The number of carbonyl (C=O) groups is 1. The molecule has 4 aromatic rings. The molecule has 38 heavy (non-hydrogen) atoms. The van der Waals surface area contributed by atoms with Gasteiger partial charge in [-0.15, -0.1) is 0 Å². The first-order chi connectivity index (χ1) is 18.4. The van der Waals surface area contributed by atoms with Crippen molar-refractivity contribution in [2.75, 3.05) is 36.9 Å². The molecule has 9 nitrogen and oxygen atoms in total. The highest BCUT2D eigenvalue weighted by atomic mass is 16.5. The molecule has 0 aliphatic carbocycles. The zero-order chi connectivity index (χ0) is 26.3. The van der Waals surface area contributed by atoms with E-state index in [2.05, 4.69) is 50.5 Å². The molecule has 2 aromatic carbocycles. The molecule has 0 bridgehead atoms. The zero-order valence-electron chi connectivity index (χ0n) is 22.1. The summed E-state index contributed by atoms with van der Waals surface area (Å²) in [6.45, 7) is 11.8. The van der Waals surface area contributed by atoms with E-state index in [9.17, 15) is 4.79 Å². The lowest BCUT2D eigenvalue weighted by Crippen LogP contribution is -2.65. The molecule has 196 valence electrons. The molecule has 0 radical (unpaired) electrons. The largest absolute Gasteiger partial charge is 0.380 e. The molecule has 2 fully saturated rings. The smallest absolute Gasteiger partial charge is 0.255 e. The van der Waals surface area contributed by atoms with Crippen LogP contribution in [0.3, 0.4) is 0 Å². The Bertz CT molecular complexity index is 1490. The number of rotatable bonds is 8. The van der Waals surface area contributed by atoms with Gasteiger partial charge in [-0.1, -0.05) is 18.2 Å². The number of anilines is 2. The van der Waals surface area contributed by atoms with Crippen molar-refractivity contribution in [3.05, 3.63) is 77.1 Å².